The number of imidazole rings is 1. The van der Waals surface area contributed by atoms with E-state index in [1.807, 2.05) is 66.2 Å². The molecule has 3 aromatic carbocycles. The normalized spacial score (nSPS) is 14.0. The van der Waals surface area contributed by atoms with Gasteiger partial charge in [0.05, 0.1) is 23.0 Å². The van der Waals surface area contributed by atoms with Crippen LogP contribution in [0.2, 0.25) is 0 Å². The van der Waals surface area contributed by atoms with Crippen molar-refractivity contribution < 1.29 is 13.2 Å². The van der Waals surface area contributed by atoms with Crippen LogP contribution >= 0.6 is 0 Å². The van der Waals surface area contributed by atoms with E-state index in [0.717, 1.165) is 16.8 Å². The van der Waals surface area contributed by atoms with Crippen molar-refractivity contribution in [3.05, 3.63) is 108 Å². The van der Waals surface area contributed by atoms with Crippen molar-refractivity contribution in [2.45, 2.75) is 24.3 Å². The number of sulfonamides is 1. The number of carbonyl (C=O) groups is 1. The van der Waals surface area contributed by atoms with Gasteiger partial charge in [-0.25, -0.2) is 13.4 Å². The lowest BCUT2D eigenvalue weighted by Crippen LogP contribution is -2.30. The summed E-state index contributed by atoms with van der Waals surface area (Å²) in [6.45, 7) is 2.29. The van der Waals surface area contributed by atoms with Crippen LogP contribution in [0.4, 0.5) is 5.69 Å². The molecule has 0 saturated heterocycles. The first-order valence-corrected chi connectivity index (χ1v) is 12.5. The van der Waals surface area contributed by atoms with Crippen LogP contribution in [0.1, 0.15) is 34.5 Å². The molecule has 172 valence electrons. The molecule has 0 bridgehead atoms. The molecule has 1 N–H and O–H groups in total. The fourth-order valence-electron chi connectivity index (χ4n) is 4.19. The first-order chi connectivity index (χ1) is 16.4. The van der Waals surface area contributed by atoms with Crippen LogP contribution in [0, 0.1) is 0 Å². The molecule has 0 fully saturated rings. The van der Waals surface area contributed by atoms with Crippen molar-refractivity contribution in [1.82, 2.24) is 14.9 Å². The van der Waals surface area contributed by atoms with Crippen LogP contribution in [0.3, 0.4) is 0 Å². The fraction of sp³-hybridized carbons (Fsp3) is 0.154. The molecular weight excluding hydrogens is 448 g/mol. The van der Waals surface area contributed by atoms with Crippen molar-refractivity contribution in [3.63, 3.8) is 0 Å². The molecule has 34 heavy (non-hydrogen) atoms. The average molecular weight is 473 g/mol. The van der Waals surface area contributed by atoms with Crippen molar-refractivity contribution in [1.29, 1.82) is 0 Å². The minimum atomic E-state index is -3.77. The van der Waals surface area contributed by atoms with Crippen LogP contribution in [-0.4, -0.2) is 30.4 Å². The van der Waals surface area contributed by atoms with Crippen LogP contribution in [0.25, 0.3) is 5.69 Å². The molecule has 4 aromatic rings. The van der Waals surface area contributed by atoms with Gasteiger partial charge in [0.15, 0.2) is 0 Å². The Labute approximate surface area is 198 Å². The third kappa shape index (κ3) is 4.08. The third-order valence-electron chi connectivity index (χ3n) is 6.07. The Morgan fingerprint density at radius 3 is 2.59 bits per heavy atom. The molecule has 5 rings (SSSR count). The van der Waals surface area contributed by atoms with E-state index in [0.29, 0.717) is 24.2 Å². The summed E-state index contributed by atoms with van der Waals surface area (Å²) in [5.41, 5.74) is 3.92. The van der Waals surface area contributed by atoms with E-state index in [1.54, 1.807) is 24.7 Å². The minimum absolute atomic E-state index is 0.106. The van der Waals surface area contributed by atoms with E-state index in [2.05, 4.69) is 10.3 Å². The Hall–Kier alpha value is -3.91. The lowest BCUT2D eigenvalue weighted by molar-refractivity contribution is 0.0939. The number of anilines is 1. The van der Waals surface area contributed by atoms with E-state index in [9.17, 15) is 13.2 Å². The summed E-state index contributed by atoms with van der Waals surface area (Å²) in [5, 5.41) is 2.96. The minimum Gasteiger partial charge on any atom is -0.346 e. The number of para-hydroxylation sites is 1. The van der Waals surface area contributed by atoms with E-state index in [1.165, 1.54) is 16.4 Å². The first kappa shape index (κ1) is 21.9. The molecule has 0 unspecified atom stereocenters. The van der Waals surface area contributed by atoms with Crippen LogP contribution in [0.5, 0.6) is 0 Å². The van der Waals surface area contributed by atoms with Gasteiger partial charge in [-0.05, 0) is 60.9 Å². The van der Waals surface area contributed by atoms with Gasteiger partial charge in [-0.2, -0.15) is 0 Å². The monoisotopic (exact) mass is 472 g/mol. The number of hydrogen-bond donors (Lipinski definition) is 1. The van der Waals surface area contributed by atoms with E-state index in [-0.39, 0.29) is 16.8 Å². The summed E-state index contributed by atoms with van der Waals surface area (Å²) < 4.78 is 30.0. The molecule has 0 saturated carbocycles. The summed E-state index contributed by atoms with van der Waals surface area (Å²) in [6, 6.07) is 21.3. The smallest absolute Gasteiger partial charge is 0.264 e. The van der Waals surface area contributed by atoms with E-state index in [4.69, 9.17) is 0 Å². The van der Waals surface area contributed by atoms with E-state index < -0.39 is 10.0 Å². The number of hydrogen-bond acceptors (Lipinski definition) is 4. The Balaban J connectivity index is 1.33. The topological polar surface area (TPSA) is 84.3 Å². The molecule has 8 heteroatoms. The van der Waals surface area contributed by atoms with Crippen LogP contribution in [-0.2, 0) is 16.4 Å². The zero-order valence-corrected chi connectivity index (χ0v) is 19.4. The highest BCUT2D eigenvalue weighted by Gasteiger charge is 2.31. The first-order valence-electron chi connectivity index (χ1n) is 11.0. The van der Waals surface area contributed by atoms with Gasteiger partial charge in [0.1, 0.15) is 0 Å². The molecule has 0 spiro atoms. The van der Waals surface area contributed by atoms with Gasteiger partial charge in [-0.1, -0.05) is 36.4 Å². The van der Waals surface area contributed by atoms with Crippen molar-refractivity contribution in [2.75, 3.05) is 10.8 Å². The standard InChI is InChI=1S/C26H24N4O3S/c1-19(20-9-11-23(12-10-20)29-16-14-27-18-29)28-26(31)22-6-4-7-24(17-22)34(32,33)30-15-13-21-5-2-3-8-25(21)30/h2-12,14,16-19H,13,15H2,1H3,(H,28,31)/t19-/m0/s1. The maximum absolute atomic E-state index is 13.3. The Kier molecular flexibility index (Phi) is 5.67. The number of nitrogens with zero attached hydrogens (tertiary/aromatic N) is 3. The second-order valence-corrected chi connectivity index (χ2v) is 10.1. The maximum Gasteiger partial charge on any atom is 0.264 e. The Morgan fingerprint density at radius 1 is 1.03 bits per heavy atom. The second-order valence-electron chi connectivity index (χ2n) is 8.24. The molecule has 2 heterocycles. The van der Waals surface area contributed by atoms with Crippen LogP contribution in [0.15, 0.2) is 96.4 Å². The maximum atomic E-state index is 13.3. The van der Waals surface area contributed by atoms with Gasteiger partial charge in [-0.3, -0.25) is 9.10 Å². The predicted octanol–water partition coefficient (Wildman–Crippen LogP) is 4.11. The fourth-order valence-corrected chi connectivity index (χ4v) is 5.74. The molecule has 1 aliphatic heterocycles. The number of aromatic nitrogens is 2. The molecule has 7 nitrogen and oxygen atoms in total. The molecule has 1 aliphatic rings. The number of nitrogens with one attached hydrogen (secondary N) is 1. The molecular formula is C26H24N4O3S. The highest BCUT2D eigenvalue weighted by Crippen LogP contribution is 2.32. The SMILES string of the molecule is C[C@H](NC(=O)c1cccc(S(=O)(=O)N2CCc3ccccc32)c1)c1ccc(-n2ccnc2)cc1. The van der Waals surface area contributed by atoms with Crippen molar-refractivity contribution in [3.8, 4) is 5.69 Å². The van der Waals surface area contributed by atoms with Gasteiger partial charge in [-0.15, -0.1) is 0 Å². The molecule has 0 aliphatic carbocycles. The van der Waals surface area contributed by atoms with Gasteiger partial charge in [0.2, 0.25) is 0 Å². The lowest BCUT2D eigenvalue weighted by Gasteiger charge is -2.20. The number of benzene rings is 3. The average Bonchev–Trinajstić information content (AvgIpc) is 3.55. The third-order valence-corrected chi connectivity index (χ3v) is 7.88. The largest absolute Gasteiger partial charge is 0.346 e. The Bertz CT molecular complexity index is 1430. The van der Waals surface area contributed by atoms with Gasteiger partial charge < -0.3 is 9.88 Å². The highest BCUT2D eigenvalue weighted by atomic mass is 32.2. The zero-order chi connectivity index (χ0) is 23.7. The molecule has 1 aromatic heterocycles. The summed E-state index contributed by atoms with van der Waals surface area (Å²) in [5.74, 6) is -0.329. The zero-order valence-electron chi connectivity index (χ0n) is 18.6. The number of fused-ring (bicyclic) bond motifs is 1. The number of carbonyl (C=O) groups excluding carboxylic acids is 1. The Morgan fingerprint density at radius 2 is 1.82 bits per heavy atom. The van der Waals surface area contributed by atoms with E-state index >= 15 is 0 Å². The van der Waals surface area contributed by atoms with Crippen molar-refractivity contribution in [2.24, 2.45) is 0 Å². The summed E-state index contributed by atoms with van der Waals surface area (Å²) >= 11 is 0. The van der Waals surface area contributed by atoms with Crippen LogP contribution < -0.4 is 9.62 Å². The number of rotatable bonds is 6. The second kappa shape index (κ2) is 8.79. The van der Waals surface area contributed by atoms with Gasteiger partial charge in [0, 0.05) is 30.2 Å². The summed E-state index contributed by atoms with van der Waals surface area (Å²) in [7, 11) is -3.77. The summed E-state index contributed by atoms with van der Waals surface area (Å²) in [6.07, 6.45) is 5.98. The quantitative estimate of drug-likeness (QED) is 0.458. The molecule has 1 amide bonds. The highest BCUT2D eigenvalue weighted by molar-refractivity contribution is 7.92. The summed E-state index contributed by atoms with van der Waals surface area (Å²) in [4.78, 5) is 17.1. The van der Waals surface area contributed by atoms with Crippen molar-refractivity contribution >= 4 is 21.6 Å². The number of amides is 1. The molecule has 1 atom stereocenters. The lowest BCUT2D eigenvalue weighted by atomic mass is 10.1. The molecule has 0 radical (unpaired) electrons. The predicted molar refractivity (Wildman–Crippen MR) is 131 cm³/mol. The van der Waals surface area contributed by atoms with Gasteiger partial charge in [0.25, 0.3) is 15.9 Å². The van der Waals surface area contributed by atoms with Gasteiger partial charge >= 0.3 is 0 Å².